The summed E-state index contributed by atoms with van der Waals surface area (Å²) in [7, 11) is 0. The van der Waals surface area contributed by atoms with E-state index in [1.54, 1.807) is 6.07 Å². The predicted octanol–water partition coefficient (Wildman–Crippen LogP) is 3.40. The standard InChI is InChI=1S/C19H23FN4O2S/c1-4-15-21-19-24(22-15)18(25)17(27-19)16(13-6-5-7-14(20)8-13)23-9-11(2)26-12(3)10-23/h5-8,11-12,16,25H,4,9-10H2,1-3H3/t11-,12-,16-/m0/s1. The normalized spacial score (nSPS) is 22.4. The monoisotopic (exact) mass is 390 g/mol. The van der Waals surface area contributed by atoms with Gasteiger partial charge in [0.25, 0.3) is 0 Å². The van der Waals surface area contributed by atoms with E-state index in [1.807, 2.05) is 26.8 Å². The van der Waals surface area contributed by atoms with E-state index in [4.69, 9.17) is 4.74 Å². The van der Waals surface area contributed by atoms with E-state index in [-0.39, 0.29) is 29.9 Å². The Hall–Kier alpha value is -2.03. The van der Waals surface area contributed by atoms with E-state index in [0.717, 1.165) is 10.4 Å². The molecule has 3 atom stereocenters. The number of nitrogens with zero attached hydrogens (tertiary/aromatic N) is 4. The van der Waals surface area contributed by atoms with Crippen molar-refractivity contribution in [2.24, 2.45) is 0 Å². The van der Waals surface area contributed by atoms with Gasteiger partial charge in [-0.2, -0.15) is 4.52 Å². The zero-order valence-corrected chi connectivity index (χ0v) is 16.4. The molecule has 8 heteroatoms. The van der Waals surface area contributed by atoms with Crippen LogP contribution in [0.4, 0.5) is 4.39 Å². The van der Waals surface area contributed by atoms with Crippen LogP contribution in [-0.2, 0) is 11.2 Å². The molecule has 0 unspecified atom stereocenters. The fourth-order valence-corrected chi connectivity index (χ4v) is 4.89. The van der Waals surface area contributed by atoms with Gasteiger partial charge in [-0.1, -0.05) is 30.4 Å². The number of rotatable bonds is 4. The largest absolute Gasteiger partial charge is 0.492 e. The minimum Gasteiger partial charge on any atom is -0.492 e. The summed E-state index contributed by atoms with van der Waals surface area (Å²) < 4.78 is 21.3. The summed E-state index contributed by atoms with van der Waals surface area (Å²) in [4.78, 5) is 8.08. The van der Waals surface area contributed by atoms with Gasteiger partial charge in [0.1, 0.15) is 5.82 Å². The molecule has 0 saturated carbocycles. The Bertz CT molecular complexity index is 946. The molecule has 1 aliphatic heterocycles. The average molecular weight is 390 g/mol. The van der Waals surface area contributed by atoms with Crippen molar-refractivity contribution in [2.75, 3.05) is 13.1 Å². The maximum atomic E-state index is 14.0. The fraction of sp³-hybridized carbons (Fsp3) is 0.474. The average Bonchev–Trinajstić information content (AvgIpc) is 3.14. The number of morpholine rings is 1. The van der Waals surface area contributed by atoms with Crippen molar-refractivity contribution in [1.82, 2.24) is 19.5 Å². The molecule has 2 aromatic heterocycles. The predicted molar refractivity (Wildman–Crippen MR) is 102 cm³/mol. The number of benzene rings is 1. The molecule has 27 heavy (non-hydrogen) atoms. The summed E-state index contributed by atoms with van der Waals surface area (Å²) in [5.41, 5.74) is 0.798. The second-order valence-electron chi connectivity index (χ2n) is 7.03. The van der Waals surface area contributed by atoms with Gasteiger partial charge in [0, 0.05) is 19.5 Å². The van der Waals surface area contributed by atoms with Gasteiger partial charge in [-0.15, -0.1) is 5.10 Å². The lowest BCUT2D eigenvalue weighted by atomic mass is 10.0. The van der Waals surface area contributed by atoms with Crippen molar-refractivity contribution in [3.8, 4) is 5.88 Å². The minimum absolute atomic E-state index is 0.0563. The van der Waals surface area contributed by atoms with Gasteiger partial charge in [-0.25, -0.2) is 9.37 Å². The second kappa shape index (κ2) is 7.18. The highest BCUT2D eigenvalue weighted by Crippen LogP contribution is 2.41. The van der Waals surface area contributed by atoms with Crippen LogP contribution >= 0.6 is 11.3 Å². The lowest BCUT2D eigenvalue weighted by Gasteiger charge is -2.40. The Morgan fingerprint density at radius 3 is 2.70 bits per heavy atom. The Morgan fingerprint density at radius 2 is 2.07 bits per heavy atom. The summed E-state index contributed by atoms with van der Waals surface area (Å²) >= 11 is 1.40. The highest BCUT2D eigenvalue weighted by molar-refractivity contribution is 7.17. The third-order valence-electron chi connectivity index (χ3n) is 4.79. The maximum absolute atomic E-state index is 14.0. The van der Waals surface area contributed by atoms with E-state index in [1.165, 1.54) is 28.0 Å². The van der Waals surface area contributed by atoms with Gasteiger partial charge in [-0.05, 0) is 31.5 Å². The van der Waals surface area contributed by atoms with E-state index < -0.39 is 0 Å². The molecule has 1 saturated heterocycles. The maximum Gasteiger partial charge on any atom is 0.230 e. The van der Waals surface area contributed by atoms with Gasteiger partial charge in [0.15, 0.2) is 5.82 Å². The third kappa shape index (κ3) is 3.44. The highest BCUT2D eigenvalue weighted by atomic mass is 32.1. The molecule has 1 N–H and O–H groups in total. The molecule has 1 fully saturated rings. The number of thiazole rings is 1. The molecule has 144 valence electrons. The van der Waals surface area contributed by atoms with Crippen molar-refractivity contribution in [3.05, 3.63) is 46.3 Å². The number of aromatic hydroxyl groups is 1. The van der Waals surface area contributed by atoms with E-state index in [2.05, 4.69) is 15.0 Å². The molecule has 4 rings (SSSR count). The Labute approximate surface area is 161 Å². The number of ether oxygens (including phenoxy) is 1. The van der Waals surface area contributed by atoms with Gasteiger partial charge >= 0.3 is 0 Å². The quantitative estimate of drug-likeness (QED) is 0.740. The number of hydrogen-bond acceptors (Lipinski definition) is 6. The molecule has 0 amide bonds. The van der Waals surface area contributed by atoms with Crippen LogP contribution in [0.25, 0.3) is 4.96 Å². The number of hydrogen-bond donors (Lipinski definition) is 1. The first-order valence-electron chi connectivity index (χ1n) is 9.18. The summed E-state index contributed by atoms with van der Waals surface area (Å²) in [6.45, 7) is 7.42. The van der Waals surface area contributed by atoms with Crippen LogP contribution in [0.2, 0.25) is 0 Å². The zero-order valence-electron chi connectivity index (χ0n) is 15.6. The first-order valence-corrected chi connectivity index (χ1v) is 10.00. The molecular weight excluding hydrogens is 367 g/mol. The second-order valence-corrected chi connectivity index (χ2v) is 8.04. The van der Waals surface area contributed by atoms with Gasteiger partial charge < -0.3 is 9.84 Å². The molecule has 0 bridgehead atoms. The van der Waals surface area contributed by atoms with E-state index in [9.17, 15) is 9.50 Å². The summed E-state index contributed by atoms with van der Waals surface area (Å²) in [6.07, 6.45) is 0.816. The van der Waals surface area contributed by atoms with Gasteiger partial charge in [0.05, 0.1) is 23.1 Å². The van der Waals surface area contributed by atoms with Crippen LogP contribution in [-0.4, -0.2) is 49.9 Å². The van der Waals surface area contributed by atoms with Gasteiger partial charge in [0.2, 0.25) is 10.8 Å². The topological polar surface area (TPSA) is 62.9 Å². The van der Waals surface area contributed by atoms with Crippen LogP contribution in [0.5, 0.6) is 5.88 Å². The molecule has 0 aliphatic carbocycles. The van der Waals surface area contributed by atoms with Crippen LogP contribution in [0.3, 0.4) is 0 Å². The van der Waals surface area contributed by atoms with Crippen LogP contribution in [0, 0.1) is 5.82 Å². The first kappa shape index (κ1) is 18.3. The molecule has 3 aromatic rings. The Kier molecular flexibility index (Phi) is 4.88. The number of halogens is 1. The Morgan fingerprint density at radius 1 is 1.33 bits per heavy atom. The lowest BCUT2D eigenvalue weighted by molar-refractivity contribution is -0.0764. The van der Waals surface area contributed by atoms with E-state index in [0.29, 0.717) is 30.3 Å². The lowest BCUT2D eigenvalue weighted by Crippen LogP contribution is -2.47. The SMILES string of the molecule is CCc1nc2sc([C@H](c3cccc(F)c3)N3C[C@H](C)O[C@@H](C)C3)c(O)n2n1. The van der Waals surface area contributed by atoms with Crippen molar-refractivity contribution >= 4 is 16.3 Å². The molecule has 6 nitrogen and oxygen atoms in total. The number of aromatic nitrogens is 3. The molecule has 1 aliphatic rings. The van der Waals surface area contributed by atoms with Crippen molar-refractivity contribution in [1.29, 1.82) is 0 Å². The fourth-order valence-electron chi connectivity index (χ4n) is 3.75. The van der Waals surface area contributed by atoms with Crippen LogP contribution < -0.4 is 0 Å². The summed E-state index contributed by atoms with van der Waals surface area (Å²) in [6, 6.07) is 6.27. The zero-order chi connectivity index (χ0) is 19.1. The molecule has 3 heterocycles. The minimum atomic E-state index is -0.293. The highest BCUT2D eigenvalue weighted by Gasteiger charge is 2.34. The van der Waals surface area contributed by atoms with Crippen molar-refractivity contribution in [3.63, 3.8) is 0 Å². The number of fused-ring (bicyclic) bond motifs is 1. The van der Waals surface area contributed by atoms with Gasteiger partial charge in [-0.3, -0.25) is 4.90 Å². The third-order valence-corrected chi connectivity index (χ3v) is 5.86. The Balaban J connectivity index is 1.82. The smallest absolute Gasteiger partial charge is 0.230 e. The number of aryl methyl sites for hydroxylation is 1. The van der Waals surface area contributed by atoms with Crippen molar-refractivity contribution < 1.29 is 14.2 Å². The molecule has 0 spiro atoms. The molecular formula is C19H23FN4O2S. The van der Waals surface area contributed by atoms with Crippen molar-refractivity contribution in [2.45, 2.75) is 45.4 Å². The molecule has 1 aromatic carbocycles. The summed E-state index contributed by atoms with van der Waals surface area (Å²) in [5.74, 6) is 0.473. The van der Waals surface area contributed by atoms with E-state index >= 15 is 0 Å². The first-order chi connectivity index (χ1) is 13.0. The van der Waals surface area contributed by atoms with Crippen LogP contribution in [0.15, 0.2) is 24.3 Å². The molecule has 0 radical (unpaired) electrons. The van der Waals surface area contributed by atoms with Crippen LogP contribution in [0.1, 0.15) is 43.1 Å². The summed E-state index contributed by atoms with van der Waals surface area (Å²) in [5, 5.41) is 15.2.